The van der Waals surface area contributed by atoms with Crippen molar-refractivity contribution in [1.29, 1.82) is 0 Å². The van der Waals surface area contributed by atoms with Gasteiger partial charge in [0.2, 0.25) is 0 Å². The maximum absolute atomic E-state index is 12.5. The van der Waals surface area contributed by atoms with E-state index in [1.54, 1.807) is 4.90 Å². The first-order valence-corrected chi connectivity index (χ1v) is 8.06. The number of halogens is 3. The van der Waals surface area contributed by atoms with Gasteiger partial charge in [0.15, 0.2) is 0 Å². The maximum Gasteiger partial charge on any atom is 0.416 e. The van der Waals surface area contributed by atoms with Gasteiger partial charge >= 0.3 is 12.2 Å². The number of nitrogens with zero attached hydrogens (tertiary/aromatic N) is 2. The lowest BCUT2D eigenvalue weighted by molar-refractivity contribution is -0.137. The maximum atomic E-state index is 12.5. The Balaban J connectivity index is 1.91. The second-order valence-corrected chi connectivity index (χ2v) is 5.83. The Morgan fingerprint density at radius 2 is 1.79 bits per heavy atom. The number of urea groups is 1. The standard InChI is InChI=1S/C16H23F3N4O/c17-16(18,19)13-3-5-14(6-4-13)21-15(24)23(10-7-20)12-11-22-8-1-2-9-22/h3-6H,1-2,7-12,20H2,(H,21,24). The molecule has 0 bridgehead atoms. The minimum Gasteiger partial charge on any atom is -0.329 e. The molecule has 134 valence electrons. The summed E-state index contributed by atoms with van der Waals surface area (Å²) >= 11 is 0. The summed E-state index contributed by atoms with van der Waals surface area (Å²) in [6.07, 6.45) is -2.03. The highest BCUT2D eigenvalue weighted by molar-refractivity contribution is 5.89. The number of hydrogen-bond donors (Lipinski definition) is 2. The fourth-order valence-corrected chi connectivity index (χ4v) is 2.68. The number of hydrogen-bond acceptors (Lipinski definition) is 3. The Bertz CT molecular complexity index is 527. The molecule has 1 aliphatic rings. The molecule has 5 nitrogen and oxygen atoms in total. The number of nitrogens with one attached hydrogen (secondary N) is 1. The van der Waals surface area contributed by atoms with E-state index >= 15 is 0 Å². The number of nitrogens with two attached hydrogens (primary N) is 1. The topological polar surface area (TPSA) is 61.6 Å². The van der Waals surface area contributed by atoms with Crippen LogP contribution in [-0.4, -0.2) is 55.1 Å². The van der Waals surface area contributed by atoms with E-state index in [2.05, 4.69) is 10.2 Å². The van der Waals surface area contributed by atoms with Crippen LogP contribution in [-0.2, 0) is 6.18 Å². The van der Waals surface area contributed by atoms with Crippen LogP contribution < -0.4 is 11.1 Å². The highest BCUT2D eigenvalue weighted by Crippen LogP contribution is 2.29. The molecule has 1 heterocycles. The van der Waals surface area contributed by atoms with Crippen molar-refractivity contribution in [1.82, 2.24) is 9.80 Å². The van der Waals surface area contributed by atoms with Crippen molar-refractivity contribution >= 4 is 11.7 Å². The summed E-state index contributed by atoms with van der Waals surface area (Å²) in [7, 11) is 0. The van der Waals surface area contributed by atoms with E-state index in [1.165, 1.54) is 25.0 Å². The molecule has 1 aliphatic heterocycles. The first-order chi connectivity index (χ1) is 11.4. The smallest absolute Gasteiger partial charge is 0.329 e. The molecule has 0 aliphatic carbocycles. The van der Waals surface area contributed by atoms with Crippen LogP contribution in [0.15, 0.2) is 24.3 Å². The van der Waals surface area contributed by atoms with Gasteiger partial charge in [-0.2, -0.15) is 13.2 Å². The van der Waals surface area contributed by atoms with E-state index < -0.39 is 11.7 Å². The lowest BCUT2D eigenvalue weighted by Gasteiger charge is -2.25. The van der Waals surface area contributed by atoms with E-state index in [0.717, 1.165) is 31.8 Å². The van der Waals surface area contributed by atoms with Crippen molar-refractivity contribution in [3.63, 3.8) is 0 Å². The molecule has 0 saturated carbocycles. The van der Waals surface area contributed by atoms with Crippen molar-refractivity contribution < 1.29 is 18.0 Å². The second kappa shape index (κ2) is 8.34. The van der Waals surface area contributed by atoms with Crippen LogP contribution in [0.1, 0.15) is 18.4 Å². The monoisotopic (exact) mass is 344 g/mol. The van der Waals surface area contributed by atoms with Crippen LogP contribution >= 0.6 is 0 Å². The van der Waals surface area contributed by atoms with E-state index in [9.17, 15) is 18.0 Å². The number of benzene rings is 1. The predicted molar refractivity (Wildman–Crippen MR) is 86.8 cm³/mol. The van der Waals surface area contributed by atoms with Gasteiger partial charge in [0.1, 0.15) is 0 Å². The number of carbonyl (C=O) groups excluding carboxylic acids is 1. The van der Waals surface area contributed by atoms with Gasteiger partial charge < -0.3 is 20.9 Å². The summed E-state index contributed by atoms with van der Waals surface area (Å²) in [5.41, 5.74) is 5.14. The Labute approximate surface area is 139 Å². The Morgan fingerprint density at radius 3 is 2.33 bits per heavy atom. The van der Waals surface area contributed by atoms with Crippen LogP contribution in [0.25, 0.3) is 0 Å². The second-order valence-electron chi connectivity index (χ2n) is 5.83. The molecule has 2 rings (SSSR count). The molecule has 0 radical (unpaired) electrons. The summed E-state index contributed by atoms with van der Waals surface area (Å²) in [6.45, 7) is 4.14. The summed E-state index contributed by atoms with van der Waals surface area (Å²) < 4.78 is 37.6. The average Bonchev–Trinajstić information content (AvgIpc) is 3.04. The lowest BCUT2D eigenvalue weighted by atomic mass is 10.2. The molecule has 1 aromatic carbocycles. The molecule has 8 heteroatoms. The molecule has 1 saturated heterocycles. The van der Waals surface area contributed by atoms with Gasteiger partial charge in [-0.3, -0.25) is 0 Å². The van der Waals surface area contributed by atoms with Crippen molar-refractivity contribution in [2.45, 2.75) is 19.0 Å². The zero-order chi connectivity index (χ0) is 17.6. The van der Waals surface area contributed by atoms with Gasteiger partial charge in [0.25, 0.3) is 0 Å². The van der Waals surface area contributed by atoms with E-state index in [4.69, 9.17) is 5.73 Å². The molecule has 0 atom stereocenters. The third-order valence-electron chi connectivity index (χ3n) is 4.03. The van der Waals surface area contributed by atoms with Crippen molar-refractivity contribution in [3.05, 3.63) is 29.8 Å². The SMILES string of the molecule is NCCN(CCN1CCCC1)C(=O)Nc1ccc(C(F)(F)F)cc1. The number of likely N-dealkylation sites (tertiary alicyclic amines) is 1. The van der Waals surface area contributed by atoms with Crippen molar-refractivity contribution in [2.75, 3.05) is 44.6 Å². The third-order valence-corrected chi connectivity index (χ3v) is 4.03. The first-order valence-electron chi connectivity index (χ1n) is 8.06. The predicted octanol–water partition coefficient (Wildman–Crippen LogP) is 2.59. The fourth-order valence-electron chi connectivity index (χ4n) is 2.68. The quantitative estimate of drug-likeness (QED) is 0.834. The van der Waals surface area contributed by atoms with Gasteiger partial charge in [-0.25, -0.2) is 4.79 Å². The van der Waals surface area contributed by atoms with Gasteiger partial charge in [0, 0.05) is 31.9 Å². The van der Waals surface area contributed by atoms with Crippen LogP contribution in [0.4, 0.5) is 23.7 Å². The van der Waals surface area contributed by atoms with Crippen LogP contribution in [0.2, 0.25) is 0 Å². The summed E-state index contributed by atoms with van der Waals surface area (Å²) in [4.78, 5) is 16.2. The number of carbonyl (C=O) groups is 1. The molecular formula is C16H23F3N4O. The highest BCUT2D eigenvalue weighted by Gasteiger charge is 2.30. The Morgan fingerprint density at radius 1 is 1.17 bits per heavy atom. The van der Waals surface area contributed by atoms with Crippen molar-refractivity contribution in [2.24, 2.45) is 5.73 Å². The van der Waals surface area contributed by atoms with Crippen LogP contribution in [0, 0.1) is 0 Å². The largest absolute Gasteiger partial charge is 0.416 e. The normalized spacial score (nSPS) is 15.5. The summed E-state index contributed by atoms with van der Waals surface area (Å²) in [6, 6.07) is 4.06. The molecule has 3 N–H and O–H groups in total. The van der Waals surface area contributed by atoms with Gasteiger partial charge in [-0.15, -0.1) is 0 Å². The Hall–Kier alpha value is -1.80. The summed E-state index contributed by atoms with van der Waals surface area (Å²) in [5.74, 6) is 0. The number of anilines is 1. The molecule has 2 amide bonds. The van der Waals surface area contributed by atoms with E-state index in [1.807, 2.05) is 0 Å². The van der Waals surface area contributed by atoms with Crippen LogP contribution in [0.3, 0.4) is 0 Å². The highest BCUT2D eigenvalue weighted by atomic mass is 19.4. The number of alkyl halides is 3. The molecule has 1 aromatic rings. The van der Waals surface area contributed by atoms with Gasteiger partial charge in [-0.05, 0) is 50.2 Å². The molecular weight excluding hydrogens is 321 g/mol. The molecule has 0 spiro atoms. The van der Waals surface area contributed by atoms with Gasteiger partial charge in [0.05, 0.1) is 5.56 Å². The zero-order valence-corrected chi connectivity index (χ0v) is 13.5. The number of rotatable bonds is 6. The zero-order valence-electron chi connectivity index (χ0n) is 13.5. The fraction of sp³-hybridized carbons (Fsp3) is 0.562. The minimum absolute atomic E-state index is 0.330. The van der Waals surface area contributed by atoms with Crippen LogP contribution in [0.5, 0.6) is 0 Å². The van der Waals surface area contributed by atoms with E-state index in [-0.39, 0.29) is 6.03 Å². The van der Waals surface area contributed by atoms with Gasteiger partial charge in [-0.1, -0.05) is 0 Å². The van der Waals surface area contributed by atoms with E-state index in [0.29, 0.717) is 25.3 Å². The molecule has 0 aromatic heterocycles. The molecule has 24 heavy (non-hydrogen) atoms. The third kappa shape index (κ3) is 5.38. The molecule has 1 fully saturated rings. The van der Waals surface area contributed by atoms with Crippen molar-refractivity contribution in [3.8, 4) is 0 Å². The first kappa shape index (κ1) is 18.5. The summed E-state index contributed by atoms with van der Waals surface area (Å²) in [5, 5.41) is 2.63. The lowest BCUT2D eigenvalue weighted by Crippen LogP contribution is -2.42. The minimum atomic E-state index is -4.39. The number of amides is 2. The molecule has 0 unspecified atom stereocenters. The average molecular weight is 344 g/mol. The Kier molecular flexibility index (Phi) is 6.44.